The van der Waals surface area contributed by atoms with Gasteiger partial charge in [0.05, 0.1) is 34.1 Å². The molecule has 0 N–H and O–H groups in total. The SMILES string of the molecule is COc1c2c(c(OC)c(OC)c1OC)-c1ccc3ccccc3c1N(C)C2. The highest BCUT2D eigenvalue weighted by atomic mass is 16.5. The summed E-state index contributed by atoms with van der Waals surface area (Å²) in [6.07, 6.45) is 0. The fourth-order valence-corrected chi connectivity index (χ4v) is 4.11. The molecule has 140 valence electrons. The predicted molar refractivity (Wildman–Crippen MR) is 108 cm³/mol. The number of anilines is 1. The van der Waals surface area contributed by atoms with Crippen LogP contribution in [0.5, 0.6) is 23.0 Å². The molecule has 0 aromatic heterocycles. The lowest BCUT2D eigenvalue weighted by Crippen LogP contribution is -2.23. The summed E-state index contributed by atoms with van der Waals surface area (Å²) in [4.78, 5) is 2.24. The summed E-state index contributed by atoms with van der Waals surface area (Å²) in [5.74, 6) is 2.43. The lowest BCUT2D eigenvalue weighted by molar-refractivity contribution is 0.304. The van der Waals surface area contributed by atoms with Crippen molar-refractivity contribution in [1.82, 2.24) is 0 Å². The Morgan fingerprint density at radius 3 is 2.04 bits per heavy atom. The van der Waals surface area contributed by atoms with Gasteiger partial charge < -0.3 is 23.8 Å². The molecule has 0 atom stereocenters. The summed E-state index contributed by atoms with van der Waals surface area (Å²) in [6.45, 7) is 0.677. The van der Waals surface area contributed by atoms with Gasteiger partial charge >= 0.3 is 0 Å². The summed E-state index contributed by atoms with van der Waals surface area (Å²) in [7, 11) is 8.63. The van der Waals surface area contributed by atoms with E-state index in [1.807, 2.05) is 0 Å². The van der Waals surface area contributed by atoms with Crippen LogP contribution in [-0.2, 0) is 6.54 Å². The lowest BCUT2D eigenvalue weighted by atomic mass is 9.88. The van der Waals surface area contributed by atoms with E-state index in [4.69, 9.17) is 18.9 Å². The summed E-state index contributed by atoms with van der Waals surface area (Å²) >= 11 is 0. The minimum absolute atomic E-state index is 0.541. The maximum atomic E-state index is 5.80. The zero-order valence-corrected chi connectivity index (χ0v) is 16.3. The summed E-state index contributed by atoms with van der Waals surface area (Å²) in [6, 6.07) is 12.7. The van der Waals surface area contributed by atoms with Crippen molar-refractivity contribution in [3.8, 4) is 34.1 Å². The maximum Gasteiger partial charge on any atom is 0.207 e. The Kier molecular flexibility index (Phi) is 4.22. The van der Waals surface area contributed by atoms with Crippen LogP contribution in [0.4, 0.5) is 5.69 Å². The van der Waals surface area contributed by atoms with Crippen LogP contribution in [0.25, 0.3) is 21.9 Å². The van der Waals surface area contributed by atoms with Crippen molar-refractivity contribution in [3.63, 3.8) is 0 Å². The lowest BCUT2D eigenvalue weighted by Gasteiger charge is -2.34. The molecule has 1 heterocycles. The second kappa shape index (κ2) is 6.58. The van der Waals surface area contributed by atoms with Crippen LogP contribution in [0.2, 0.25) is 0 Å². The number of nitrogens with zero attached hydrogens (tertiary/aromatic N) is 1. The molecule has 0 unspecified atom stereocenters. The van der Waals surface area contributed by atoms with Crippen molar-refractivity contribution in [2.24, 2.45) is 0 Å². The third-order valence-corrected chi connectivity index (χ3v) is 5.19. The van der Waals surface area contributed by atoms with E-state index in [0.29, 0.717) is 29.5 Å². The van der Waals surface area contributed by atoms with E-state index in [0.717, 1.165) is 16.7 Å². The van der Waals surface area contributed by atoms with Gasteiger partial charge in [-0.1, -0.05) is 36.4 Å². The molecule has 0 aliphatic carbocycles. The molecule has 0 amide bonds. The third kappa shape index (κ3) is 2.38. The van der Waals surface area contributed by atoms with E-state index in [1.54, 1.807) is 28.4 Å². The van der Waals surface area contributed by atoms with Crippen molar-refractivity contribution < 1.29 is 18.9 Å². The molecule has 0 saturated heterocycles. The fourth-order valence-electron chi connectivity index (χ4n) is 4.11. The topological polar surface area (TPSA) is 40.2 Å². The number of hydrogen-bond acceptors (Lipinski definition) is 5. The molecular weight excluding hydrogens is 342 g/mol. The number of fused-ring (bicyclic) bond motifs is 5. The van der Waals surface area contributed by atoms with Gasteiger partial charge in [0.25, 0.3) is 0 Å². The van der Waals surface area contributed by atoms with Crippen LogP contribution in [0.15, 0.2) is 36.4 Å². The van der Waals surface area contributed by atoms with Crippen LogP contribution < -0.4 is 23.8 Å². The molecule has 27 heavy (non-hydrogen) atoms. The van der Waals surface area contributed by atoms with Gasteiger partial charge in [-0.15, -0.1) is 0 Å². The molecule has 5 nitrogen and oxygen atoms in total. The Morgan fingerprint density at radius 2 is 1.37 bits per heavy atom. The molecule has 0 saturated carbocycles. The van der Waals surface area contributed by atoms with Crippen LogP contribution >= 0.6 is 0 Å². The van der Waals surface area contributed by atoms with E-state index in [1.165, 1.54) is 16.5 Å². The van der Waals surface area contributed by atoms with Crippen LogP contribution in [0.3, 0.4) is 0 Å². The highest BCUT2D eigenvalue weighted by Gasteiger charge is 2.33. The Morgan fingerprint density at radius 1 is 0.741 bits per heavy atom. The number of benzene rings is 3. The summed E-state index contributed by atoms with van der Waals surface area (Å²) in [5.41, 5.74) is 4.28. The number of ether oxygens (including phenoxy) is 4. The highest BCUT2D eigenvalue weighted by Crippen LogP contribution is 2.57. The Hall–Kier alpha value is -3.08. The average Bonchev–Trinajstić information content (AvgIpc) is 2.71. The number of rotatable bonds is 4. The average molecular weight is 365 g/mol. The van der Waals surface area contributed by atoms with Crippen LogP contribution in [-0.4, -0.2) is 35.5 Å². The molecule has 3 aromatic carbocycles. The van der Waals surface area contributed by atoms with Gasteiger partial charge in [-0.05, 0) is 5.39 Å². The van der Waals surface area contributed by atoms with Gasteiger partial charge in [0.15, 0.2) is 11.5 Å². The molecule has 1 aliphatic rings. The minimum atomic E-state index is 0.541. The van der Waals surface area contributed by atoms with E-state index < -0.39 is 0 Å². The van der Waals surface area contributed by atoms with Gasteiger partial charge in [-0.25, -0.2) is 0 Å². The van der Waals surface area contributed by atoms with Crippen LogP contribution in [0, 0.1) is 0 Å². The van der Waals surface area contributed by atoms with Crippen molar-refractivity contribution in [2.75, 3.05) is 40.4 Å². The standard InChI is InChI=1S/C22H23NO4/c1-23-12-16-17(15-11-10-13-8-6-7-9-14(13)18(15)23)20(25-3)22(27-5)21(26-4)19(16)24-2/h6-11H,12H2,1-5H3. The molecule has 5 heteroatoms. The maximum absolute atomic E-state index is 5.80. The molecule has 3 aromatic rings. The number of methoxy groups -OCH3 is 4. The van der Waals surface area contributed by atoms with Gasteiger partial charge in [-0.3, -0.25) is 0 Å². The zero-order chi connectivity index (χ0) is 19.1. The fraction of sp³-hybridized carbons (Fsp3) is 0.273. The monoisotopic (exact) mass is 365 g/mol. The smallest absolute Gasteiger partial charge is 0.207 e. The first-order valence-electron chi connectivity index (χ1n) is 8.78. The summed E-state index contributed by atoms with van der Waals surface area (Å²) in [5, 5.41) is 2.41. The molecule has 1 aliphatic heterocycles. The largest absolute Gasteiger partial charge is 0.492 e. The van der Waals surface area contributed by atoms with Crippen molar-refractivity contribution in [1.29, 1.82) is 0 Å². The number of hydrogen-bond donors (Lipinski definition) is 0. The van der Waals surface area contributed by atoms with Gasteiger partial charge in [-0.2, -0.15) is 0 Å². The molecule has 0 bridgehead atoms. The first-order valence-corrected chi connectivity index (χ1v) is 8.78. The van der Waals surface area contributed by atoms with Crippen LogP contribution in [0.1, 0.15) is 5.56 Å². The minimum Gasteiger partial charge on any atom is -0.492 e. The molecule has 0 spiro atoms. The second-order valence-electron chi connectivity index (χ2n) is 6.53. The quantitative estimate of drug-likeness (QED) is 0.681. The normalized spacial score (nSPS) is 12.4. The first kappa shape index (κ1) is 17.3. The third-order valence-electron chi connectivity index (χ3n) is 5.19. The first-order chi connectivity index (χ1) is 13.2. The molecule has 0 radical (unpaired) electrons. The van der Waals surface area contributed by atoms with E-state index >= 15 is 0 Å². The van der Waals surface area contributed by atoms with Gasteiger partial charge in [0.2, 0.25) is 11.5 Å². The van der Waals surface area contributed by atoms with E-state index in [-0.39, 0.29) is 0 Å². The Bertz CT molecular complexity index is 1030. The Labute approximate surface area is 159 Å². The predicted octanol–water partition coefficient (Wildman–Crippen LogP) is 4.49. The van der Waals surface area contributed by atoms with Crippen molar-refractivity contribution >= 4 is 16.5 Å². The van der Waals surface area contributed by atoms with E-state index in [9.17, 15) is 0 Å². The zero-order valence-electron chi connectivity index (χ0n) is 16.3. The Balaban J connectivity index is 2.16. The second-order valence-corrected chi connectivity index (χ2v) is 6.53. The van der Waals surface area contributed by atoms with Gasteiger partial charge in [0, 0.05) is 35.7 Å². The van der Waals surface area contributed by atoms with Gasteiger partial charge in [0.1, 0.15) is 0 Å². The van der Waals surface area contributed by atoms with Crippen molar-refractivity contribution in [2.45, 2.75) is 6.54 Å². The molecular formula is C22H23NO4. The molecule has 4 rings (SSSR count). The molecule has 0 fully saturated rings. The van der Waals surface area contributed by atoms with E-state index in [2.05, 4.69) is 48.3 Å². The summed E-state index contributed by atoms with van der Waals surface area (Å²) < 4.78 is 22.8. The highest BCUT2D eigenvalue weighted by molar-refractivity contribution is 6.05. The van der Waals surface area contributed by atoms with Crippen molar-refractivity contribution in [3.05, 3.63) is 42.0 Å².